The lowest BCUT2D eigenvalue weighted by atomic mass is 9.63. The van der Waals surface area contributed by atoms with Gasteiger partial charge in [0.25, 0.3) is 5.91 Å². The zero-order chi connectivity index (χ0) is 21.4. The van der Waals surface area contributed by atoms with Gasteiger partial charge in [-0.2, -0.15) is 0 Å². The van der Waals surface area contributed by atoms with Crippen LogP contribution in [0.5, 0.6) is 0 Å². The second kappa shape index (κ2) is 6.68. The van der Waals surface area contributed by atoms with E-state index in [9.17, 15) is 14.4 Å². The monoisotopic (exact) mass is 452 g/mol. The Balaban J connectivity index is 1.22. The standard InChI is InChI=1S/C24H18Cl2N2O3/c25-18-8-3-12(9-19(18)26)27-22(29)11-1-4-13(5-2-11)28-23(30)20-14-6-7-15(17-10-16(14)17)21(20)24(28)31/h1-9,14-17,20-21H,10H2,(H,27,29)/t14-,15+,16-,17-,20+,21+/m1/s1. The van der Waals surface area contributed by atoms with Crippen molar-refractivity contribution >= 4 is 52.3 Å². The van der Waals surface area contributed by atoms with Crippen LogP contribution in [0.4, 0.5) is 11.4 Å². The molecule has 156 valence electrons. The highest BCUT2D eigenvalue weighted by Gasteiger charge is 2.67. The Kier molecular flexibility index (Phi) is 4.11. The van der Waals surface area contributed by atoms with E-state index in [1.165, 1.54) is 4.90 Å². The lowest BCUT2D eigenvalue weighted by Crippen LogP contribution is -2.40. The van der Waals surface area contributed by atoms with Gasteiger partial charge >= 0.3 is 0 Å². The maximum atomic E-state index is 13.2. The molecule has 1 aliphatic heterocycles. The molecule has 1 heterocycles. The number of anilines is 2. The maximum Gasteiger partial charge on any atom is 0.255 e. The first-order valence-electron chi connectivity index (χ1n) is 10.4. The number of allylic oxidation sites excluding steroid dienone is 2. The van der Waals surface area contributed by atoms with Crippen LogP contribution in [0.3, 0.4) is 0 Å². The number of rotatable bonds is 3. The molecular formula is C24H18Cl2N2O3. The van der Waals surface area contributed by atoms with Crippen molar-refractivity contribution in [3.8, 4) is 0 Å². The van der Waals surface area contributed by atoms with E-state index in [1.54, 1.807) is 42.5 Å². The Hall–Kier alpha value is -2.63. The predicted molar refractivity (Wildman–Crippen MR) is 118 cm³/mol. The highest BCUT2D eigenvalue weighted by Crippen LogP contribution is 2.65. The summed E-state index contributed by atoms with van der Waals surface area (Å²) in [5, 5.41) is 3.52. The molecule has 2 bridgehead atoms. The minimum absolute atomic E-state index is 0.104. The first-order chi connectivity index (χ1) is 14.9. The van der Waals surface area contributed by atoms with Crippen LogP contribution >= 0.6 is 23.2 Å². The lowest BCUT2D eigenvalue weighted by molar-refractivity contribution is -0.124. The smallest absolute Gasteiger partial charge is 0.255 e. The average Bonchev–Trinajstić information content (AvgIpc) is 3.54. The van der Waals surface area contributed by atoms with E-state index in [2.05, 4.69) is 17.5 Å². The molecule has 5 nitrogen and oxygen atoms in total. The van der Waals surface area contributed by atoms with Gasteiger partial charge in [-0.05, 0) is 72.6 Å². The van der Waals surface area contributed by atoms with Crippen molar-refractivity contribution in [1.82, 2.24) is 0 Å². The summed E-state index contributed by atoms with van der Waals surface area (Å²) in [5.41, 5.74) is 1.46. The van der Waals surface area contributed by atoms with E-state index < -0.39 is 0 Å². The van der Waals surface area contributed by atoms with Crippen molar-refractivity contribution < 1.29 is 14.4 Å². The highest BCUT2D eigenvalue weighted by molar-refractivity contribution is 6.42. The van der Waals surface area contributed by atoms with Crippen molar-refractivity contribution in [1.29, 1.82) is 0 Å². The van der Waals surface area contributed by atoms with Gasteiger partial charge in [0.15, 0.2) is 0 Å². The van der Waals surface area contributed by atoms with Gasteiger partial charge in [-0.3, -0.25) is 19.3 Å². The molecule has 2 saturated carbocycles. The number of nitrogens with zero attached hydrogens (tertiary/aromatic N) is 1. The van der Waals surface area contributed by atoms with Gasteiger partial charge in [-0.25, -0.2) is 0 Å². The number of carbonyl (C=O) groups is 3. The minimum Gasteiger partial charge on any atom is -0.322 e. The van der Waals surface area contributed by atoms with Crippen LogP contribution in [-0.4, -0.2) is 17.7 Å². The molecule has 0 radical (unpaired) electrons. The number of halogens is 2. The second-order valence-corrected chi connectivity index (χ2v) is 9.61. The lowest BCUT2D eigenvalue weighted by Gasteiger charge is -2.37. The molecule has 1 N–H and O–H groups in total. The van der Waals surface area contributed by atoms with Crippen molar-refractivity contribution in [2.24, 2.45) is 35.5 Å². The molecule has 4 aliphatic carbocycles. The van der Waals surface area contributed by atoms with Crippen molar-refractivity contribution in [2.45, 2.75) is 6.42 Å². The van der Waals surface area contributed by atoms with E-state index in [-0.39, 0.29) is 41.4 Å². The summed E-state index contributed by atoms with van der Waals surface area (Å²) in [6.45, 7) is 0. The fourth-order valence-electron chi connectivity index (χ4n) is 5.75. The number of hydrogen-bond acceptors (Lipinski definition) is 3. The first-order valence-corrected chi connectivity index (χ1v) is 11.1. The number of carbonyl (C=O) groups excluding carboxylic acids is 3. The topological polar surface area (TPSA) is 66.5 Å². The third kappa shape index (κ3) is 2.80. The van der Waals surface area contributed by atoms with Gasteiger partial charge in [0, 0.05) is 11.3 Å². The molecule has 7 heteroatoms. The third-order valence-electron chi connectivity index (χ3n) is 7.23. The summed E-state index contributed by atoms with van der Waals surface area (Å²) in [6, 6.07) is 11.4. The number of hydrogen-bond donors (Lipinski definition) is 1. The maximum absolute atomic E-state index is 13.2. The van der Waals surface area contributed by atoms with Crippen LogP contribution in [0, 0.1) is 35.5 Å². The molecule has 2 aromatic carbocycles. The largest absolute Gasteiger partial charge is 0.322 e. The van der Waals surface area contributed by atoms with Gasteiger partial charge in [0.2, 0.25) is 11.8 Å². The minimum atomic E-state index is -0.319. The Morgan fingerprint density at radius 1 is 0.871 bits per heavy atom. The number of amides is 3. The van der Waals surface area contributed by atoms with E-state index >= 15 is 0 Å². The number of nitrogens with one attached hydrogen (secondary N) is 1. The zero-order valence-corrected chi connectivity index (χ0v) is 17.8. The summed E-state index contributed by atoms with van der Waals surface area (Å²) in [6.07, 6.45) is 5.45. The second-order valence-electron chi connectivity index (χ2n) is 8.80. The van der Waals surface area contributed by atoms with Crippen LogP contribution in [0.25, 0.3) is 0 Å². The van der Waals surface area contributed by atoms with E-state index in [0.717, 1.165) is 6.42 Å². The molecule has 7 rings (SSSR count). The Morgan fingerprint density at radius 2 is 1.48 bits per heavy atom. The number of imide groups is 1. The molecular weight excluding hydrogens is 435 g/mol. The van der Waals surface area contributed by atoms with Crippen LogP contribution in [0.15, 0.2) is 54.6 Å². The van der Waals surface area contributed by atoms with E-state index in [0.29, 0.717) is 38.8 Å². The molecule has 3 fully saturated rings. The average molecular weight is 453 g/mol. The van der Waals surface area contributed by atoms with Gasteiger partial charge in [-0.15, -0.1) is 0 Å². The molecule has 31 heavy (non-hydrogen) atoms. The Bertz CT molecular complexity index is 1140. The van der Waals surface area contributed by atoms with Gasteiger partial charge < -0.3 is 5.32 Å². The van der Waals surface area contributed by atoms with Crippen LogP contribution in [-0.2, 0) is 9.59 Å². The fourth-order valence-corrected chi connectivity index (χ4v) is 6.05. The summed E-state index contributed by atoms with van der Waals surface area (Å²) >= 11 is 11.9. The van der Waals surface area contributed by atoms with Crippen molar-refractivity contribution in [2.75, 3.05) is 10.2 Å². The molecule has 0 spiro atoms. The first kappa shape index (κ1) is 19.1. The van der Waals surface area contributed by atoms with Crippen LogP contribution < -0.4 is 10.2 Å². The zero-order valence-electron chi connectivity index (χ0n) is 16.3. The third-order valence-corrected chi connectivity index (χ3v) is 7.97. The number of benzene rings is 2. The summed E-state index contributed by atoms with van der Waals surface area (Å²) < 4.78 is 0. The summed E-state index contributed by atoms with van der Waals surface area (Å²) in [5.74, 6) is 0.532. The van der Waals surface area contributed by atoms with Gasteiger partial charge in [-0.1, -0.05) is 35.4 Å². The Morgan fingerprint density at radius 3 is 2.06 bits per heavy atom. The van der Waals surface area contributed by atoms with Crippen LogP contribution in [0.2, 0.25) is 10.0 Å². The molecule has 6 atom stereocenters. The Labute approximate surface area is 189 Å². The summed E-state index contributed by atoms with van der Waals surface area (Å²) in [7, 11) is 0. The molecule has 0 aromatic heterocycles. The van der Waals surface area contributed by atoms with Gasteiger partial charge in [0.05, 0.1) is 27.6 Å². The SMILES string of the molecule is O=C(Nc1ccc(Cl)c(Cl)c1)c1ccc(N2C(=O)[C@H]3[C@@H]4C=C[C@@H]([C@H]5C[C@H]45)[C@@H]3C2=O)cc1. The predicted octanol–water partition coefficient (Wildman–Crippen LogP) is 4.80. The highest BCUT2D eigenvalue weighted by atomic mass is 35.5. The fraction of sp³-hybridized carbons (Fsp3) is 0.292. The van der Waals surface area contributed by atoms with Crippen molar-refractivity contribution in [3.63, 3.8) is 0 Å². The van der Waals surface area contributed by atoms with E-state index in [1.807, 2.05) is 0 Å². The van der Waals surface area contributed by atoms with Crippen molar-refractivity contribution in [3.05, 3.63) is 70.2 Å². The van der Waals surface area contributed by atoms with E-state index in [4.69, 9.17) is 23.2 Å². The molecule has 1 saturated heterocycles. The quantitative estimate of drug-likeness (QED) is 0.536. The molecule has 5 aliphatic rings. The molecule has 0 unspecified atom stereocenters. The molecule has 3 amide bonds. The normalized spacial score (nSPS) is 32.1. The summed E-state index contributed by atoms with van der Waals surface area (Å²) in [4.78, 5) is 40.3. The van der Waals surface area contributed by atoms with Crippen LogP contribution in [0.1, 0.15) is 16.8 Å². The van der Waals surface area contributed by atoms with Gasteiger partial charge in [0.1, 0.15) is 0 Å². The molecule has 2 aromatic rings.